The van der Waals surface area contributed by atoms with Gasteiger partial charge in [-0.25, -0.2) is 5.84 Å². The van der Waals surface area contributed by atoms with Crippen molar-refractivity contribution in [1.29, 1.82) is 0 Å². The minimum atomic E-state index is -1.03. The number of aliphatic carboxylic acids is 1. The molecule has 1 fully saturated rings. The molecule has 3 heterocycles. The van der Waals surface area contributed by atoms with Crippen LogP contribution in [0.25, 0.3) is 0 Å². The molecule has 4 rings (SSSR count). The first-order valence-electron chi connectivity index (χ1n) is 13.0. The number of hydrogen-bond acceptors (Lipinski definition) is 7. The van der Waals surface area contributed by atoms with E-state index in [0.717, 1.165) is 54.2 Å². The van der Waals surface area contributed by atoms with Crippen LogP contribution in [0.5, 0.6) is 0 Å². The molecule has 3 aromatic rings. The van der Waals surface area contributed by atoms with Crippen LogP contribution in [0.15, 0.2) is 36.7 Å². The first kappa shape index (κ1) is 27.2. The van der Waals surface area contributed by atoms with Crippen LogP contribution in [0.3, 0.4) is 0 Å². The molecule has 1 aliphatic heterocycles. The molecule has 9 heteroatoms. The number of nitrogen functional groups attached to an aromatic ring is 1. The van der Waals surface area contributed by atoms with E-state index in [-0.39, 0.29) is 5.92 Å². The van der Waals surface area contributed by atoms with Crippen molar-refractivity contribution < 1.29 is 9.90 Å². The second kappa shape index (κ2) is 10.8. The topological polar surface area (TPSA) is 114 Å². The van der Waals surface area contributed by atoms with Crippen LogP contribution < -0.4 is 16.6 Å². The normalized spacial score (nSPS) is 17.6. The Morgan fingerprint density at radius 1 is 1.35 bits per heavy atom. The van der Waals surface area contributed by atoms with Crippen LogP contribution in [0.4, 0.5) is 11.4 Å². The highest BCUT2D eigenvalue weighted by Crippen LogP contribution is 2.47. The van der Waals surface area contributed by atoms with Crippen molar-refractivity contribution in [2.75, 3.05) is 30.4 Å². The summed E-state index contributed by atoms with van der Waals surface area (Å²) < 4.78 is 2.07. The number of piperidine rings is 1. The zero-order valence-corrected chi connectivity index (χ0v) is 23.4. The number of likely N-dealkylation sites (tertiary alicyclic amines) is 1. The van der Waals surface area contributed by atoms with E-state index >= 15 is 0 Å². The molecule has 1 saturated heterocycles. The van der Waals surface area contributed by atoms with Crippen LogP contribution in [-0.2, 0) is 11.3 Å². The van der Waals surface area contributed by atoms with Gasteiger partial charge in [-0.05, 0) is 88.9 Å². The van der Waals surface area contributed by atoms with Gasteiger partial charge in [0.15, 0.2) is 0 Å². The van der Waals surface area contributed by atoms with Crippen LogP contribution in [0.2, 0.25) is 0 Å². The number of aromatic nitrogens is 2. The maximum Gasteiger partial charge on any atom is 0.310 e. The molecule has 5 N–H and O–H groups in total. The Labute approximate surface area is 223 Å². The summed E-state index contributed by atoms with van der Waals surface area (Å²) in [6.07, 6.45) is 6.16. The highest BCUT2D eigenvalue weighted by atomic mass is 32.1. The van der Waals surface area contributed by atoms with Gasteiger partial charge in [0.05, 0.1) is 22.8 Å². The number of benzene rings is 1. The summed E-state index contributed by atoms with van der Waals surface area (Å²) >= 11 is 1.69. The second-order valence-electron chi connectivity index (χ2n) is 10.7. The number of nitrogens with zero attached hydrogens (tertiary/aromatic N) is 4. The average Bonchev–Trinajstić information content (AvgIpc) is 3.52. The first-order valence-corrected chi connectivity index (χ1v) is 13.8. The SMILES string of the molecule is CCN(N)c1ccc(C(c2cc(CN3CCCC(n4cccn4)C3)c(C)s2)C(C)(C)C(=O)O)c(C)c1N. The third-order valence-electron chi connectivity index (χ3n) is 7.87. The smallest absolute Gasteiger partial charge is 0.310 e. The van der Waals surface area contributed by atoms with Gasteiger partial charge >= 0.3 is 5.97 Å². The van der Waals surface area contributed by atoms with Crippen LogP contribution in [0, 0.1) is 19.3 Å². The lowest BCUT2D eigenvalue weighted by atomic mass is 9.72. The summed E-state index contributed by atoms with van der Waals surface area (Å²) in [5, 5.41) is 16.3. The summed E-state index contributed by atoms with van der Waals surface area (Å²) in [7, 11) is 0. The van der Waals surface area contributed by atoms with Gasteiger partial charge < -0.3 is 15.8 Å². The Morgan fingerprint density at radius 2 is 2.11 bits per heavy atom. The Kier molecular flexibility index (Phi) is 7.96. The molecular formula is C28H40N6O2S. The van der Waals surface area contributed by atoms with Crippen LogP contribution in [-0.4, -0.2) is 45.4 Å². The number of hydrogen-bond donors (Lipinski definition) is 3. The van der Waals surface area contributed by atoms with Gasteiger partial charge in [-0.3, -0.25) is 14.4 Å². The monoisotopic (exact) mass is 524 g/mol. The standard InChI is InChI=1S/C28H40N6O2S/c1-6-33(30)23-11-10-22(18(2)26(23)29)25(28(4,5)27(35)36)24-15-20(19(3)37-24)16-32-13-7-9-21(17-32)34-14-8-12-31-34/h8,10-12,14-15,21,25H,6-7,9,13,16-17,29-30H2,1-5H3,(H,35,36). The van der Waals surface area contributed by atoms with E-state index in [4.69, 9.17) is 11.6 Å². The van der Waals surface area contributed by atoms with Gasteiger partial charge in [-0.2, -0.15) is 5.10 Å². The molecule has 2 unspecified atom stereocenters. The fraction of sp³-hybridized carbons (Fsp3) is 0.500. The van der Waals surface area contributed by atoms with E-state index < -0.39 is 11.4 Å². The third-order valence-corrected chi connectivity index (χ3v) is 9.02. The Hall–Kier alpha value is -2.88. The molecule has 8 nitrogen and oxygen atoms in total. The summed E-state index contributed by atoms with van der Waals surface area (Å²) in [5.74, 6) is 4.96. The molecular weight excluding hydrogens is 484 g/mol. The number of carboxylic acids is 1. The van der Waals surface area contributed by atoms with E-state index in [1.807, 2.05) is 44.4 Å². The number of carboxylic acid groups (broad SMARTS) is 1. The lowest BCUT2D eigenvalue weighted by Gasteiger charge is -2.33. The number of aryl methyl sites for hydroxylation is 1. The first-order chi connectivity index (χ1) is 17.5. The molecule has 1 aliphatic rings. The highest BCUT2D eigenvalue weighted by molar-refractivity contribution is 7.12. The maximum atomic E-state index is 12.5. The van der Waals surface area contributed by atoms with Gasteiger partial charge in [0.25, 0.3) is 0 Å². The lowest BCUT2D eigenvalue weighted by Crippen LogP contribution is -2.36. The van der Waals surface area contributed by atoms with E-state index in [2.05, 4.69) is 27.7 Å². The molecule has 200 valence electrons. The van der Waals surface area contributed by atoms with E-state index in [1.165, 1.54) is 10.4 Å². The van der Waals surface area contributed by atoms with Crippen molar-refractivity contribution in [2.24, 2.45) is 11.3 Å². The molecule has 0 amide bonds. The number of thiophene rings is 1. The summed E-state index contributed by atoms with van der Waals surface area (Å²) in [5.41, 5.74) is 9.93. The van der Waals surface area contributed by atoms with Gasteiger partial charge in [-0.1, -0.05) is 6.07 Å². The number of anilines is 2. The fourth-order valence-electron chi connectivity index (χ4n) is 5.46. The minimum absolute atomic E-state index is 0.343. The number of rotatable bonds is 9. The predicted octanol–water partition coefficient (Wildman–Crippen LogP) is 4.92. The largest absolute Gasteiger partial charge is 0.481 e. The number of hydrazine groups is 1. The molecule has 0 radical (unpaired) electrons. The zero-order valence-electron chi connectivity index (χ0n) is 22.6. The van der Waals surface area contributed by atoms with Crippen molar-refractivity contribution in [3.8, 4) is 0 Å². The Bertz CT molecular complexity index is 1240. The van der Waals surface area contributed by atoms with E-state index in [1.54, 1.807) is 30.2 Å². The summed E-state index contributed by atoms with van der Waals surface area (Å²) in [4.78, 5) is 17.3. The molecule has 0 spiro atoms. The minimum Gasteiger partial charge on any atom is -0.481 e. The molecule has 1 aromatic carbocycles. The van der Waals surface area contributed by atoms with Gasteiger partial charge in [-0.15, -0.1) is 11.3 Å². The van der Waals surface area contributed by atoms with Crippen molar-refractivity contribution in [2.45, 2.75) is 66.0 Å². The van der Waals surface area contributed by atoms with E-state index in [0.29, 0.717) is 18.3 Å². The van der Waals surface area contributed by atoms with Gasteiger partial charge in [0.1, 0.15) is 0 Å². The maximum absolute atomic E-state index is 12.5. The Morgan fingerprint density at radius 3 is 2.76 bits per heavy atom. The third kappa shape index (κ3) is 5.39. The molecule has 2 aromatic heterocycles. The van der Waals surface area contributed by atoms with Crippen LogP contribution in [0.1, 0.15) is 72.0 Å². The van der Waals surface area contributed by atoms with Gasteiger partial charge in [0.2, 0.25) is 0 Å². The van der Waals surface area contributed by atoms with Crippen molar-refractivity contribution in [1.82, 2.24) is 14.7 Å². The summed E-state index contributed by atoms with van der Waals surface area (Å²) in [6.45, 7) is 13.2. The molecule has 2 atom stereocenters. The fourth-order valence-corrected chi connectivity index (χ4v) is 6.81. The summed E-state index contributed by atoms with van der Waals surface area (Å²) in [6, 6.07) is 8.50. The zero-order chi connectivity index (χ0) is 26.9. The van der Waals surface area contributed by atoms with Crippen molar-refractivity contribution >= 4 is 28.7 Å². The molecule has 0 aliphatic carbocycles. The molecule has 37 heavy (non-hydrogen) atoms. The highest BCUT2D eigenvalue weighted by Gasteiger charge is 2.41. The molecule has 0 bridgehead atoms. The predicted molar refractivity (Wildman–Crippen MR) is 151 cm³/mol. The number of carbonyl (C=O) groups is 1. The van der Waals surface area contributed by atoms with Crippen molar-refractivity contribution in [3.63, 3.8) is 0 Å². The van der Waals surface area contributed by atoms with E-state index in [9.17, 15) is 9.90 Å². The Balaban J connectivity index is 1.67. The van der Waals surface area contributed by atoms with Crippen molar-refractivity contribution in [3.05, 3.63) is 63.1 Å². The quantitative estimate of drug-likeness (QED) is 0.207. The average molecular weight is 525 g/mol. The number of nitrogens with two attached hydrogens (primary N) is 2. The lowest BCUT2D eigenvalue weighted by molar-refractivity contribution is -0.147. The van der Waals surface area contributed by atoms with Crippen LogP contribution >= 0.6 is 11.3 Å². The molecule has 0 saturated carbocycles. The second-order valence-corrected chi connectivity index (χ2v) is 12.0. The van der Waals surface area contributed by atoms with Gasteiger partial charge in [0, 0.05) is 47.7 Å².